The topological polar surface area (TPSA) is 51.2 Å². The predicted octanol–water partition coefficient (Wildman–Crippen LogP) is 5.87. The third-order valence-electron chi connectivity index (χ3n) is 5.67. The molecule has 0 amide bonds. The fourth-order valence-corrected chi connectivity index (χ4v) is 4.22. The normalized spacial score (nSPS) is 12.9. The minimum absolute atomic E-state index is 0.0939. The van der Waals surface area contributed by atoms with Gasteiger partial charge in [-0.3, -0.25) is 4.90 Å². The number of nitrogens with zero attached hydrogens (tertiary/aromatic N) is 1. The Labute approximate surface area is 201 Å². The Morgan fingerprint density at radius 1 is 0.848 bits per heavy atom. The van der Waals surface area contributed by atoms with E-state index in [1.165, 1.54) is 0 Å². The molecule has 0 aliphatic rings. The molecule has 0 saturated carbocycles. The Morgan fingerprint density at radius 2 is 1.58 bits per heavy atom. The molecule has 1 unspecified atom stereocenters. The molecule has 3 rings (SSSR count). The quantitative estimate of drug-likeness (QED) is 0.381. The summed E-state index contributed by atoms with van der Waals surface area (Å²) in [6.07, 6.45) is 1.39. The largest absolute Gasteiger partial charge is 0.496 e. The lowest BCUT2D eigenvalue weighted by molar-refractivity contribution is 0.0888. The zero-order valence-electron chi connectivity index (χ0n) is 19.5. The molecular weight excluding hydrogens is 438 g/mol. The summed E-state index contributed by atoms with van der Waals surface area (Å²) in [6, 6.07) is 21.1. The van der Waals surface area contributed by atoms with E-state index in [9.17, 15) is 5.11 Å². The van der Waals surface area contributed by atoms with Crippen LogP contribution in [0.2, 0.25) is 5.02 Å². The summed E-state index contributed by atoms with van der Waals surface area (Å²) in [7, 11) is 4.92. The van der Waals surface area contributed by atoms with E-state index in [0.717, 1.165) is 22.4 Å². The van der Waals surface area contributed by atoms with Gasteiger partial charge >= 0.3 is 0 Å². The van der Waals surface area contributed by atoms with E-state index in [1.54, 1.807) is 33.5 Å². The standard InChI is InChI=1S/C27H31ClNO4/c1-5-23(19-13-14-26(32-3)27(16-19)33-4)29(17-21-9-6-7-12-25(21)31-2)18-24(30)20-10-8-11-22(28)15-20/h5-16,23-24,30H,17-18H2,1-4H3/t23-,24?/m1/s1. The molecule has 0 aliphatic carbocycles. The van der Waals surface area contributed by atoms with Gasteiger partial charge in [0.2, 0.25) is 0 Å². The van der Waals surface area contributed by atoms with E-state index in [0.29, 0.717) is 29.6 Å². The summed E-state index contributed by atoms with van der Waals surface area (Å²) >= 11 is 6.17. The maximum atomic E-state index is 11.1. The van der Waals surface area contributed by atoms with Gasteiger partial charge < -0.3 is 19.3 Å². The van der Waals surface area contributed by atoms with Crippen molar-refractivity contribution < 1.29 is 19.3 Å². The molecule has 3 aromatic carbocycles. The maximum Gasteiger partial charge on any atom is 0.161 e. The summed E-state index contributed by atoms with van der Waals surface area (Å²) in [5.41, 5.74) is 2.84. The van der Waals surface area contributed by atoms with Crippen molar-refractivity contribution in [1.82, 2.24) is 4.90 Å². The molecule has 6 heteroatoms. The summed E-state index contributed by atoms with van der Waals surface area (Å²) in [6.45, 7) is 2.98. The van der Waals surface area contributed by atoms with Crippen LogP contribution in [0, 0.1) is 6.42 Å². The number of hydrogen-bond donors (Lipinski definition) is 1. The molecule has 0 aromatic heterocycles. The Hall–Kier alpha value is -2.73. The van der Waals surface area contributed by atoms with Gasteiger partial charge in [0, 0.05) is 29.7 Å². The maximum absolute atomic E-state index is 11.1. The van der Waals surface area contributed by atoms with E-state index in [4.69, 9.17) is 25.8 Å². The summed E-state index contributed by atoms with van der Waals surface area (Å²) in [5, 5.41) is 11.7. The van der Waals surface area contributed by atoms with E-state index in [1.807, 2.05) is 61.5 Å². The summed E-state index contributed by atoms with van der Waals surface area (Å²) < 4.78 is 16.5. The van der Waals surface area contributed by atoms with E-state index >= 15 is 0 Å². The van der Waals surface area contributed by atoms with Crippen LogP contribution in [0.5, 0.6) is 17.2 Å². The Kier molecular flexibility index (Phi) is 9.01. The molecule has 0 fully saturated rings. The number of methoxy groups -OCH3 is 3. The number of aliphatic hydroxyl groups is 1. The van der Waals surface area contributed by atoms with Crippen LogP contribution in [0.1, 0.15) is 35.8 Å². The zero-order valence-corrected chi connectivity index (χ0v) is 20.3. The van der Waals surface area contributed by atoms with Crippen molar-refractivity contribution in [1.29, 1.82) is 0 Å². The third-order valence-corrected chi connectivity index (χ3v) is 5.90. The number of ether oxygens (including phenoxy) is 3. The molecule has 175 valence electrons. The second-order valence-electron chi connectivity index (χ2n) is 7.70. The smallest absolute Gasteiger partial charge is 0.161 e. The van der Waals surface area contributed by atoms with Crippen LogP contribution in [0.25, 0.3) is 0 Å². The van der Waals surface area contributed by atoms with Crippen LogP contribution in [0.3, 0.4) is 0 Å². The molecule has 0 spiro atoms. The van der Waals surface area contributed by atoms with E-state index in [2.05, 4.69) is 11.3 Å². The van der Waals surface area contributed by atoms with Gasteiger partial charge in [0.05, 0.1) is 27.4 Å². The molecule has 2 atom stereocenters. The average Bonchev–Trinajstić information content (AvgIpc) is 2.84. The lowest BCUT2D eigenvalue weighted by Gasteiger charge is -2.34. The highest BCUT2D eigenvalue weighted by molar-refractivity contribution is 6.30. The lowest BCUT2D eigenvalue weighted by Crippen LogP contribution is -2.32. The molecule has 3 aromatic rings. The van der Waals surface area contributed by atoms with Crippen molar-refractivity contribution in [3.8, 4) is 17.2 Å². The van der Waals surface area contributed by atoms with Gasteiger partial charge in [-0.05, 0) is 47.9 Å². The van der Waals surface area contributed by atoms with Crippen LogP contribution in [0.15, 0.2) is 66.7 Å². The van der Waals surface area contributed by atoms with Crippen molar-refractivity contribution in [2.24, 2.45) is 0 Å². The lowest BCUT2D eigenvalue weighted by atomic mass is 9.99. The summed E-state index contributed by atoms with van der Waals surface area (Å²) in [4.78, 5) is 2.21. The summed E-state index contributed by atoms with van der Waals surface area (Å²) in [5.74, 6) is 2.14. The number of aliphatic hydroxyl groups excluding tert-OH is 1. The Bertz CT molecular complexity index is 1040. The first-order valence-corrected chi connectivity index (χ1v) is 11.2. The molecule has 0 bridgehead atoms. The number of hydrogen-bond acceptors (Lipinski definition) is 5. The van der Waals surface area contributed by atoms with Gasteiger partial charge in [-0.2, -0.15) is 0 Å². The highest BCUT2D eigenvalue weighted by atomic mass is 35.5. The Balaban J connectivity index is 1.98. The molecule has 0 aliphatic heterocycles. The van der Waals surface area contributed by atoms with Crippen LogP contribution < -0.4 is 14.2 Å². The number of para-hydroxylation sites is 1. The predicted molar refractivity (Wildman–Crippen MR) is 132 cm³/mol. The fourth-order valence-electron chi connectivity index (χ4n) is 4.02. The van der Waals surface area contributed by atoms with Gasteiger partial charge in [-0.25, -0.2) is 0 Å². The number of halogens is 1. The van der Waals surface area contributed by atoms with E-state index < -0.39 is 6.10 Å². The highest BCUT2D eigenvalue weighted by Gasteiger charge is 2.25. The molecule has 5 nitrogen and oxygen atoms in total. The van der Waals surface area contributed by atoms with Crippen molar-refractivity contribution in [2.45, 2.75) is 25.6 Å². The SMILES string of the molecule is C[CH][C@H](c1ccc(OC)c(OC)c1)N(Cc1ccccc1OC)CC(O)c1cccc(Cl)c1. The van der Waals surface area contributed by atoms with Gasteiger partial charge in [0.1, 0.15) is 5.75 Å². The first kappa shape index (κ1) is 24.9. The molecule has 1 N–H and O–H groups in total. The van der Waals surface area contributed by atoms with Crippen molar-refractivity contribution in [3.05, 3.63) is 94.9 Å². The average molecular weight is 469 g/mol. The minimum Gasteiger partial charge on any atom is -0.496 e. The molecule has 0 heterocycles. The first-order chi connectivity index (χ1) is 16.0. The van der Waals surface area contributed by atoms with Gasteiger partial charge in [-0.15, -0.1) is 0 Å². The van der Waals surface area contributed by atoms with Gasteiger partial charge in [0.15, 0.2) is 11.5 Å². The van der Waals surface area contributed by atoms with E-state index in [-0.39, 0.29) is 6.04 Å². The highest BCUT2D eigenvalue weighted by Crippen LogP contribution is 2.35. The third kappa shape index (κ3) is 6.20. The minimum atomic E-state index is -0.721. The van der Waals surface area contributed by atoms with Gasteiger partial charge in [0.25, 0.3) is 0 Å². The van der Waals surface area contributed by atoms with Crippen LogP contribution in [0.4, 0.5) is 0 Å². The number of benzene rings is 3. The second-order valence-corrected chi connectivity index (χ2v) is 8.14. The molecular formula is C27H31ClNO4. The van der Waals surface area contributed by atoms with Crippen molar-refractivity contribution >= 4 is 11.6 Å². The molecule has 1 radical (unpaired) electrons. The fraction of sp³-hybridized carbons (Fsp3) is 0.296. The molecule has 33 heavy (non-hydrogen) atoms. The van der Waals surface area contributed by atoms with Gasteiger partial charge in [-0.1, -0.05) is 54.9 Å². The van der Waals surface area contributed by atoms with Crippen molar-refractivity contribution in [3.63, 3.8) is 0 Å². The van der Waals surface area contributed by atoms with Crippen LogP contribution in [-0.4, -0.2) is 37.9 Å². The van der Waals surface area contributed by atoms with Crippen LogP contribution >= 0.6 is 11.6 Å². The monoisotopic (exact) mass is 468 g/mol. The Morgan fingerprint density at radius 3 is 2.24 bits per heavy atom. The van der Waals surface area contributed by atoms with Crippen molar-refractivity contribution in [2.75, 3.05) is 27.9 Å². The first-order valence-electron chi connectivity index (χ1n) is 10.8. The second kappa shape index (κ2) is 11.9. The van der Waals surface area contributed by atoms with Crippen LogP contribution in [-0.2, 0) is 6.54 Å². The number of rotatable bonds is 11. The molecule has 0 saturated heterocycles. The zero-order chi connectivity index (χ0) is 23.8.